The highest BCUT2D eigenvalue weighted by atomic mass is 16.3. The second-order valence-electron chi connectivity index (χ2n) is 4.21. The first kappa shape index (κ1) is 7.60. The molecule has 1 N–H and O–H groups in total. The highest BCUT2D eigenvalue weighted by Crippen LogP contribution is 2.40. The van der Waals surface area contributed by atoms with Gasteiger partial charge in [-0.05, 0) is 31.1 Å². The number of hydrogen-bond acceptors (Lipinski definition) is 1. The molecule has 0 bridgehead atoms. The van der Waals surface area contributed by atoms with Crippen LogP contribution >= 0.6 is 0 Å². The summed E-state index contributed by atoms with van der Waals surface area (Å²) in [7, 11) is 0. The predicted octanol–water partition coefficient (Wildman–Crippen LogP) is 2.34. The van der Waals surface area contributed by atoms with Gasteiger partial charge in [-0.3, -0.25) is 0 Å². The number of hydrogen-bond donors (Lipinski definition) is 1. The Morgan fingerprint density at radius 2 is 1.55 bits per heavy atom. The molecule has 2 fully saturated rings. The summed E-state index contributed by atoms with van der Waals surface area (Å²) in [6.45, 7) is 0. The Labute approximate surface area is 68.8 Å². The Morgan fingerprint density at radius 3 is 2.36 bits per heavy atom. The average molecular weight is 154 g/mol. The van der Waals surface area contributed by atoms with Crippen molar-refractivity contribution in [2.45, 2.75) is 51.0 Å². The van der Waals surface area contributed by atoms with Crippen LogP contribution in [0, 0.1) is 11.8 Å². The SMILES string of the molecule is OC1CCC[C@H]2CCCC[C@@H]12. The Hall–Kier alpha value is -0.0400. The Bertz CT molecular complexity index is 131. The van der Waals surface area contributed by atoms with Gasteiger partial charge in [0.15, 0.2) is 0 Å². The minimum absolute atomic E-state index is 0.0500. The van der Waals surface area contributed by atoms with Crippen molar-refractivity contribution in [1.29, 1.82) is 0 Å². The molecule has 0 saturated heterocycles. The Morgan fingerprint density at radius 1 is 0.818 bits per heavy atom. The van der Waals surface area contributed by atoms with Crippen molar-refractivity contribution < 1.29 is 5.11 Å². The molecule has 2 aliphatic carbocycles. The lowest BCUT2D eigenvalue weighted by Crippen LogP contribution is -2.34. The molecular weight excluding hydrogens is 136 g/mol. The van der Waals surface area contributed by atoms with Gasteiger partial charge >= 0.3 is 0 Å². The highest BCUT2D eigenvalue weighted by molar-refractivity contribution is 4.84. The summed E-state index contributed by atoms with van der Waals surface area (Å²) in [6, 6.07) is 0. The number of aliphatic hydroxyl groups is 1. The summed E-state index contributed by atoms with van der Waals surface area (Å²) >= 11 is 0. The van der Waals surface area contributed by atoms with Crippen LogP contribution in [0.1, 0.15) is 44.9 Å². The van der Waals surface area contributed by atoms with Gasteiger partial charge in [-0.1, -0.05) is 25.7 Å². The van der Waals surface area contributed by atoms with Crippen LogP contribution in [0.4, 0.5) is 0 Å². The van der Waals surface area contributed by atoms with Crippen molar-refractivity contribution in [3.8, 4) is 0 Å². The van der Waals surface area contributed by atoms with E-state index in [4.69, 9.17) is 0 Å². The minimum Gasteiger partial charge on any atom is -0.393 e. The van der Waals surface area contributed by atoms with Crippen LogP contribution in [0.15, 0.2) is 0 Å². The molecule has 1 heteroatoms. The number of aliphatic hydroxyl groups excluding tert-OH is 1. The standard InChI is InChI=1S/C10H18O/c11-10-7-3-5-8-4-1-2-6-9(8)10/h8-11H,1-7H2/t8-,9-,10?/m1/s1. The number of rotatable bonds is 0. The largest absolute Gasteiger partial charge is 0.393 e. The van der Waals surface area contributed by atoms with E-state index in [1.54, 1.807) is 0 Å². The topological polar surface area (TPSA) is 20.2 Å². The monoisotopic (exact) mass is 154 g/mol. The van der Waals surface area contributed by atoms with Gasteiger partial charge in [0.25, 0.3) is 0 Å². The van der Waals surface area contributed by atoms with Gasteiger partial charge in [-0.25, -0.2) is 0 Å². The van der Waals surface area contributed by atoms with Gasteiger partial charge in [-0.2, -0.15) is 0 Å². The minimum atomic E-state index is 0.0500. The summed E-state index contributed by atoms with van der Waals surface area (Å²) in [5, 5.41) is 9.70. The molecule has 0 aromatic carbocycles. The Kier molecular flexibility index (Phi) is 2.17. The van der Waals surface area contributed by atoms with E-state index in [9.17, 15) is 5.11 Å². The van der Waals surface area contributed by atoms with Crippen molar-refractivity contribution in [3.05, 3.63) is 0 Å². The normalized spacial score (nSPS) is 45.0. The van der Waals surface area contributed by atoms with Gasteiger partial charge in [0.05, 0.1) is 6.10 Å². The molecule has 0 aromatic rings. The fourth-order valence-corrected chi connectivity index (χ4v) is 2.90. The van der Waals surface area contributed by atoms with Crippen molar-refractivity contribution in [2.75, 3.05) is 0 Å². The summed E-state index contributed by atoms with van der Waals surface area (Å²) < 4.78 is 0. The lowest BCUT2D eigenvalue weighted by atomic mass is 9.69. The van der Waals surface area contributed by atoms with Crippen molar-refractivity contribution in [2.24, 2.45) is 11.8 Å². The molecule has 2 saturated carbocycles. The van der Waals surface area contributed by atoms with E-state index in [-0.39, 0.29) is 6.10 Å². The molecule has 0 aromatic heterocycles. The molecule has 0 radical (unpaired) electrons. The lowest BCUT2D eigenvalue weighted by molar-refractivity contribution is 0.0105. The van der Waals surface area contributed by atoms with E-state index in [2.05, 4.69) is 0 Å². The van der Waals surface area contributed by atoms with Crippen LogP contribution in [0.5, 0.6) is 0 Å². The molecule has 3 atom stereocenters. The first-order valence-corrected chi connectivity index (χ1v) is 5.06. The third-order valence-electron chi connectivity index (χ3n) is 3.54. The van der Waals surface area contributed by atoms with Crippen LogP contribution in [-0.2, 0) is 0 Å². The van der Waals surface area contributed by atoms with Gasteiger partial charge < -0.3 is 5.11 Å². The maximum atomic E-state index is 9.70. The van der Waals surface area contributed by atoms with Crippen LogP contribution in [0.2, 0.25) is 0 Å². The van der Waals surface area contributed by atoms with E-state index >= 15 is 0 Å². The molecule has 1 nitrogen and oxygen atoms in total. The zero-order chi connectivity index (χ0) is 7.68. The first-order chi connectivity index (χ1) is 5.38. The van der Waals surface area contributed by atoms with Crippen LogP contribution in [-0.4, -0.2) is 11.2 Å². The molecule has 0 heterocycles. The fraction of sp³-hybridized carbons (Fsp3) is 1.00. The van der Waals surface area contributed by atoms with E-state index < -0.39 is 0 Å². The van der Waals surface area contributed by atoms with Crippen molar-refractivity contribution >= 4 is 0 Å². The second kappa shape index (κ2) is 3.14. The summed E-state index contributed by atoms with van der Waals surface area (Å²) in [5.74, 6) is 1.56. The molecule has 0 aliphatic heterocycles. The van der Waals surface area contributed by atoms with Crippen LogP contribution in [0.3, 0.4) is 0 Å². The van der Waals surface area contributed by atoms with Crippen LogP contribution < -0.4 is 0 Å². The Balaban J connectivity index is 1.99. The molecule has 0 amide bonds. The lowest BCUT2D eigenvalue weighted by Gasteiger charge is -2.38. The third-order valence-corrected chi connectivity index (χ3v) is 3.54. The summed E-state index contributed by atoms with van der Waals surface area (Å²) in [6.07, 6.45) is 9.24. The molecule has 11 heavy (non-hydrogen) atoms. The van der Waals surface area contributed by atoms with E-state index in [1.807, 2.05) is 0 Å². The quantitative estimate of drug-likeness (QED) is 0.568. The molecule has 1 unspecified atom stereocenters. The third kappa shape index (κ3) is 1.44. The van der Waals surface area contributed by atoms with Gasteiger partial charge in [0.2, 0.25) is 0 Å². The smallest absolute Gasteiger partial charge is 0.0571 e. The molecular formula is C10H18O. The van der Waals surface area contributed by atoms with Crippen molar-refractivity contribution in [1.82, 2.24) is 0 Å². The van der Waals surface area contributed by atoms with E-state index in [0.29, 0.717) is 5.92 Å². The summed E-state index contributed by atoms with van der Waals surface area (Å²) in [5.41, 5.74) is 0. The molecule has 64 valence electrons. The van der Waals surface area contributed by atoms with Gasteiger partial charge in [0.1, 0.15) is 0 Å². The zero-order valence-corrected chi connectivity index (χ0v) is 7.13. The fourth-order valence-electron chi connectivity index (χ4n) is 2.90. The van der Waals surface area contributed by atoms with Gasteiger partial charge in [-0.15, -0.1) is 0 Å². The first-order valence-electron chi connectivity index (χ1n) is 5.06. The molecule has 2 aliphatic rings. The highest BCUT2D eigenvalue weighted by Gasteiger charge is 2.33. The van der Waals surface area contributed by atoms with Crippen LogP contribution in [0.25, 0.3) is 0 Å². The zero-order valence-electron chi connectivity index (χ0n) is 7.13. The van der Waals surface area contributed by atoms with E-state index in [0.717, 1.165) is 12.3 Å². The molecule has 2 rings (SSSR count). The number of fused-ring (bicyclic) bond motifs is 1. The maximum absolute atomic E-state index is 9.70. The maximum Gasteiger partial charge on any atom is 0.0571 e. The summed E-state index contributed by atoms with van der Waals surface area (Å²) in [4.78, 5) is 0. The van der Waals surface area contributed by atoms with E-state index in [1.165, 1.54) is 38.5 Å². The van der Waals surface area contributed by atoms with Gasteiger partial charge in [0, 0.05) is 0 Å². The predicted molar refractivity (Wildman–Crippen MR) is 45.3 cm³/mol. The second-order valence-corrected chi connectivity index (χ2v) is 4.21. The average Bonchev–Trinajstić information content (AvgIpc) is 2.06. The van der Waals surface area contributed by atoms with Crippen molar-refractivity contribution in [3.63, 3.8) is 0 Å². The molecule has 0 spiro atoms.